The molecule has 0 aromatic heterocycles. The molecule has 4 nitrogen and oxygen atoms in total. The molecule has 1 aliphatic carbocycles. The van der Waals surface area contributed by atoms with Gasteiger partial charge in [-0.2, -0.15) is 0 Å². The Morgan fingerprint density at radius 2 is 1.94 bits per heavy atom. The Hall–Kier alpha value is -1.58. The monoisotopic (exact) mass is 250 g/mol. The van der Waals surface area contributed by atoms with Gasteiger partial charge in [-0.25, -0.2) is 0 Å². The number of carbonyl (C=O) groups excluding carboxylic acids is 2. The van der Waals surface area contributed by atoms with E-state index in [9.17, 15) is 14.7 Å². The molecule has 2 atom stereocenters. The summed E-state index contributed by atoms with van der Waals surface area (Å²) in [6, 6.07) is 0. The number of carboxylic acid groups (broad SMARTS) is 1. The number of nitrogens with one attached hydrogen (secondary N) is 1. The first-order valence-electron chi connectivity index (χ1n) is 6.33. The molecule has 0 spiro atoms. The molecule has 0 bridgehead atoms. The Kier molecular flexibility index (Phi) is 4.70. The number of allylic oxidation sites excluding steroid dienone is 2. The lowest BCUT2D eigenvalue weighted by atomic mass is 9.81. The van der Waals surface area contributed by atoms with E-state index in [4.69, 9.17) is 0 Å². The van der Waals surface area contributed by atoms with Crippen molar-refractivity contribution in [3.05, 3.63) is 24.3 Å². The third-order valence-electron chi connectivity index (χ3n) is 3.51. The number of amides is 1. The predicted octanol–water partition coefficient (Wildman–Crippen LogP) is 0.790. The highest BCUT2D eigenvalue weighted by atomic mass is 16.4. The molecule has 0 fully saturated rings. The molecule has 0 aromatic carbocycles. The van der Waals surface area contributed by atoms with Crippen LogP contribution in [0.15, 0.2) is 24.3 Å². The minimum atomic E-state index is -1.18. The van der Waals surface area contributed by atoms with Crippen molar-refractivity contribution in [2.24, 2.45) is 11.8 Å². The zero-order valence-corrected chi connectivity index (χ0v) is 11.1. The van der Waals surface area contributed by atoms with E-state index in [0.29, 0.717) is 0 Å². The predicted molar refractivity (Wildman–Crippen MR) is 67.4 cm³/mol. The maximum atomic E-state index is 12.1. The SMILES string of the molecule is CCC(CC)C(=O)NC1(C)C=CC=CC1C(=O)[O-]. The van der Waals surface area contributed by atoms with E-state index in [-0.39, 0.29) is 11.8 Å². The Bertz CT molecular complexity index is 383. The highest BCUT2D eigenvalue weighted by molar-refractivity contribution is 5.82. The van der Waals surface area contributed by atoms with Crippen molar-refractivity contribution >= 4 is 11.9 Å². The van der Waals surface area contributed by atoms with Crippen LogP contribution in [-0.2, 0) is 9.59 Å². The van der Waals surface area contributed by atoms with E-state index in [0.717, 1.165) is 12.8 Å². The van der Waals surface area contributed by atoms with Crippen molar-refractivity contribution in [2.45, 2.75) is 39.2 Å². The Morgan fingerprint density at radius 3 is 2.44 bits per heavy atom. The summed E-state index contributed by atoms with van der Waals surface area (Å²) < 4.78 is 0. The van der Waals surface area contributed by atoms with Crippen molar-refractivity contribution < 1.29 is 14.7 Å². The summed E-state index contributed by atoms with van der Waals surface area (Å²) in [5, 5.41) is 13.9. The minimum Gasteiger partial charge on any atom is -0.549 e. The molecule has 0 aliphatic heterocycles. The quantitative estimate of drug-likeness (QED) is 0.784. The molecular weight excluding hydrogens is 230 g/mol. The lowest BCUT2D eigenvalue weighted by Gasteiger charge is -2.37. The Balaban J connectivity index is 2.86. The Morgan fingerprint density at radius 1 is 1.33 bits per heavy atom. The fourth-order valence-electron chi connectivity index (χ4n) is 2.20. The fourth-order valence-corrected chi connectivity index (χ4v) is 2.20. The lowest BCUT2D eigenvalue weighted by Crippen LogP contribution is -2.56. The van der Waals surface area contributed by atoms with Crippen LogP contribution in [0.1, 0.15) is 33.6 Å². The van der Waals surface area contributed by atoms with Crippen molar-refractivity contribution in [2.75, 3.05) is 0 Å². The molecule has 1 aliphatic rings. The van der Waals surface area contributed by atoms with Gasteiger partial charge in [-0.3, -0.25) is 4.79 Å². The molecule has 1 N–H and O–H groups in total. The summed E-state index contributed by atoms with van der Waals surface area (Å²) in [5.41, 5.74) is -0.909. The smallest absolute Gasteiger partial charge is 0.223 e. The number of rotatable bonds is 5. The summed E-state index contributed by atoms with van der Waals surface area (Å²) in [6.07, 6.45) is 8.14. The van der Waals surface area contributed by atoms with Gasteiger partial charge in [0.15, 0.2) is 0 Å². The van der Waals surface area contributed by atoms with Crippen LogP contribution in [0.4, 0.5) is 0 Å². The van der Waals surface area contributed by atoms with Crippen LogP contribution < -0.4 is 10.4 Å². The van der Waals surface area contributed by atoms with E-state index >= 15 is 0 Å². The zero-order valence-electron chi connectivity index (χ0n) is 11.1. The van der Waals surface area contributed by atoms with Gasteiger partial charge in [0, 0.05) is 11.8 Å². The second-order valence-corrected chi connectivity index (χ2v) is 4.83. The first-order valence-corrected chi connectivity index (χ1v) is 6.33. The molecule has 0 heterocycles. The van der Waals surface area contributed by atoms with E-state index in [2.05, 4.69) is 5.32 Å². The average Bonchev–Trinajstić information content (AvgIpc) is 2.30. The first kappa shape index (κ1) is 14.5. The number of hydrogen-bond acceptors (Lipinski definition) is 3. The lowest BCUT2D eigenvalue weighted by molar-refractivity contribution is -0.311. The molecule has 18 heavy (non-hydrogen) atoms. The maximum absolute atomic E-state index is 12.1. The zero-order chi connectivity index (χ0) is 13.8. The van der Waals surface area contributed by atoms with Gasteiger partial charge in [-0.15, -0.1) is 0 Å². The highest BCUT2D eigenvalue weighted by Gasteiger charge is 2.35. The molecule has 100 valence electrons. The largest absolute Gasteiger partial charge is 0.549 e. The van der Waals surface area contributed by atoms with Gasteiger partial charge in [0.2, 0.25) is 5.91 Å². The van der Waals surface area contributed by atoms with E-state index in [1.54, 1.807) is 31.2 Å². The Labute approximate surface area is 108 Å². The van der Waals surface area contributed by atoms with Crippen LogP contribution in [0.2, 0.25) is 0 Å². The topological polar surface area (TPSA) is 69.2 Å². The number of hydrogen-bond donors (Lipinski definition) is 1. The standard InChI is InChI=1S/C14H21NO3/c1-4-10(5-2)12(16)15-14(3)9-7-6-8-11(14)13(17)18/h6-11H,4-5H2,1-3H3,(H,15,16)(H,17,18)/p-1. The van der Waals surface area contributed by atoms with Crippen LogP contribution in [0.3, 0.4) is 0 Å². The van der Waals surface area contributed by atoms with Gasteiger partial charge in [-0.1, -0.05) is 38.2 Å². The number of carboxylic acids is 1. The summed E-state index contributed by atoms with van der Waals surface area (Å²) in [4.78, 5) is 23.2. The average molecular weight is 250 g/mol. The van der Waals surface area contributed by atoms with Gasteiger partial charge >= 0.3 is 0 Å². The summed E-state index contributed by atoms with van der Waals surface area (Å²) in [7, 11) is 0. The van der Waals surface area contributed by atoms with Crippen LogP contribution in [-0.4, -0.2) is 17.4 Å². The maximum Gasteiger partial charge on any atom is 0.223 e. The second-order valence-electron chi connectivity index (χ2n) is 4.83. The molecule has 4 heteroatoms. The highest BCUT2D eigenvalue weighted by Crippen LogP contribution is 2.25. The normalized spacial score (nSPS) is 26.3. The van der Waals surface area contributed by atoms with E-state index < -0.39 is 17.4 Å². The molecule has 1 rings (SSSR count). The van der Waals surface area contributed by atoms with Gasteiger partial charge in [0.1, 0.15) is 0 Å². The van der Waals surface area contributed by atoms with Crippen LogP contribution in [0.5, 0.6) is 0 Å². The van der Waals surface area contributed by atoms with E-state index in [1.165, 1.54) is 0 Å². The summed E-state index contributed by atoms with van der Waals surface area (Å²) in [6.45, 7) is 5.60. The molecule has 0 saturated heterocycles. The molecule has 0 radical (unpaired) electrons. The summed E-state index contributed by atoms with van der Waals surface area (Å²) in [5.74, 6) is -2.19. The van der Waals surface area contributed by atoms with Crippen molar-refractivity contribution in [1.29, 1.82) is 0 Å². The minimum absolute atomic E-state index is 0.0801. The van der Waals surface area contributed by atoms with Crippen molar-refractivity contribution in [1.82, 2.24) is 5.32 Å². The third kappa shape index (κ3) is 3.00. The molecular formula is C14H20NO3-. The van der Waals surface area contributed by atoms with Crippen molar-refractivity contribution in [3.8, 4) is 0 Å². The molecule has 2 unspecified atom stereocenters. The molecule has 0 saturated carbocycles. The molecule has 1 amide bonds. The number of carbonyl (C=O) groups is 2. The van der Waals surface area contributed by atoms with Gasteiger partial charge < -0.3 is 15.2 Å². The molecule has 0 aromatic rings. The van der Waals surface area contributed by atoms with Gasteiger partial charge in [0.25, 0.3) is 0 Å². The van der Waals surface area contributed by atoms with E-state index in [1.807, 2.05) is 13.8 Å². The van der Waals surface area contributed by atoms with Crippen LogP contribution >= 0.6 is 0 Å². The van der Waals surface area contributed by atoms with Gasteiger partial charge in [-0.05, 0) is 19.8 Å². The first-order chi connectivity index (χ1) is 8.44. The second kappa shape index (κ2) is 5.85. The van der Waals surface area contributed by atoms with Crippen molar-refractivity contribution in [3.63, 3.8) is 0 Å². The summed E-state index contributed by atoms with van der Waals surface area (Å²) >= 11 is 0. The third-order valence-corrected chi connectivity index (χ3v) is 3.51. The fraction of sp³-hybridized carbons (Fsp3) is 0.571. The van der Waals surface area contributed by atoms with Gasteiger partial charge in [0.05, 0.1) is 11.5 Å². The van der Waals surface area contributed by atoms with Crippen LogP contribution in [0.25, 0.3) is 0 Å². The van der Waals surface area contributed by atoms with Crippen LogP contribution in [0, 0.1) is 11.8 Å². The number of aliphatic carboxylic acids is 1.